The van der Waals surface area contributed by atoms with Crippen LogP contribution in [0.4, 0.5) is 4.39 Å². The van der Waals surface area contributed by atoms with Crippen LogP contribution in [0, 0.1) is 0 Å². The fraction of sp³-hybridized carbons (Fsp3) is 0.364. The van der Waals surface area contributed by atoms with Crippen LogP contribution in [0.3, 0.4) is 0 Å². The second kappa shape index (κ2) is 6.58. The Morgan fingerprint density at radius 2 is 2.17 bits per heavy atom. The first-order valence-electron chi connectivity index (χ1n) is 5.10. The summed E-state index contributed by atoms with van der Waals surface area (Å²) in [5, 5.41) is 12.1. The van der Waals surface area contributed by atoms with Gasteiger partial charge < -0.3 is 9.84 Å². The fourth-order valence-electron chi connectivity index (χ4n) is 1.57. The number of azide groups is 1. The van der Waals surface area contributed by atoms with Crippen molar-refractivity contribution in [3.8, 4) is 0 Å². The van der Waals surface area contributed by atoms with E-state index in [2.05, 4.69) is 10.0 Å². The van der Waals surface area contributed by atoms with Gasteiger partial charge in [-0.15, -0.1) is 0 Å². The predicted octanol–water partition coefficient (Wildman–Crippen LogP) is 2.72. The Kier molecular flexibility index (Phi) is 5.10. The van der Waals surface area contributed by atoms with Gasteiger partial charge in [-0.3, -0.25) is 4.39 Å². The number of aromatic carboxylic acids is 1. The van der Waals surface area contributed by atoms with E-state index in [9.17, 15) is 9.18 Å². The SMILES string of the molecule is CO[C@H](c1ccc(C(=O)O)cc1)[C@@H](CF)N=[N+]=[N-]. The molecular formula is C11H12FN3O3. The number of methoxy groups -OCH3 is 1. The quantitative estimate of drug-likeness (QED) is 0.479. The van der Waals surface area contributed by atoms with Crippen LogP contribution < -0.4 is 0 Å². The summed E-state index contributed by atoms with van der Waals surface area (Å²) in [4.78, 5) is 13.2. The Labute approximate surface area is 103 Å². The number of carboxylic acids is 1. The number of carbonyl (C=O) groups is 1. The van der Waals surface area contributed by atoms with Crippen LogP contribution >= 0.6 is 0 Å². The molecule has 0 aliphatic heterocycles. The molecule has 1 rings (SSSR count). The van der Waals surface area contributed by atoms with Crippen molar-refractivity contribution < 1.29 is 19.0 Å². The monoisotopic (exact) mass is 253 g/mol. The van der Waals surface area contributed by atoms with E-state index in [1.807, 2.05) is 0 Å². The molecule has 0 unspecified atom stereocenters. The second-order valence-electron chi connectivity index (χ2n) is 3.51. The minimum Gasteiger partial charge on any atom is -0.478 e. The molecule has 1 N–H and O–H groups in total. The average molecular weight is 253 g/mol. The van der Waals surface area contributed by atoms with E-state index >= 15 is 0 Å². The number of ether oxygens (including phenoxy) is 1. The fourth-order valence-corrected chi connectivity index (χ4v) is 1.57. The maximum absolute atomic E-state index is 12.7. The zero-order valence-corrected chi connectivity index (χ0v) is 9.65. The van der Waals surface area contributed by atoms with Gasteiger partial charge in [0.15, 0.2) is 0 Å². The van der Waals surface area contributed by atoms with Gasteiger partial charge in [0.2, 0.25) is 0 Å². The number of benzene rings is 1. The Balaban J connectivity index is 3.01. The highest BCUT2D eigenvalue weighted by molar-refractivity contribution is 5.87. The molecule has 18 heavy (non-hydrogen) atoms. The van der Waals surface area contributed by atoms with Gasteiger partial charge in [0.25, 0.3) is 0 Å². The first kappa shape index (κ1) is 14.0. The molecule has 0 bridgehead atoms. The molecule has 0 heterocycles. The van der Waals surface area contributed by atoms with Crippen molar-refractivity contribution in [2.45, 2.75) is 12.1 Å². The summed E-state index contributed by atoms with van der Waals surface area (Å²) >= 11 is 0. The predicted molar refractivity (Wildman–Crippen MR) is 62.1 cm³/mol. The third-order valence-electron chi connectivity index (χ3n) is 2.45. The number of halogens is 1. The van der Waals surface area contributed by atoms with Crippen molar-refractivity contribution in [1.29, 1.82) is 0 Å². The molecule has 0 aliphatic rings. The van der Waals surface area contributed by atoms with Crippen molar-refractivity contribution in [2.24, 2.45) is 5.11 Å². The molecule has 0 saturated carbocycles. The summed E-state index contributed by atoms with van der Waals surface area (Å²) in [6.07, 6.45) is -0.742. The summed E-state index contributed by atoms with van der Waals surface area (Å²) in [5.41, 5.74) is 9.01. The van der Waals surface area contributed by atoms with E-state index in [0.29, 0.717) is 5.56 Å². The third-order valence-corrected chi connectivity index (χ3v) is 2.45. The lowest BCUT2D eigenvalue weighted by Gasteiger charge is -2.20. The normalized spacial score (nSPS) is 13.4. The highest BCUT2D eigenvalue weighted by Gasteiger charge is 2.22. The number of rotatable bonds is 6. The number of hydrogen-bond acceptors (Lipinski definition) is 3. The zero-order chi connectivity index (χ0) is 13.5. The lowest BCUT2D eigenvalue weighted by atomic mass is 10.0. The molecular weight excluding hydrogens is 241 g/mol. The van der Waals surface area contributed by atoms with Crippen molar-refractivity contribution in [1.82, 2.24) is 0 Å². The first-order valence-corrected chi connectivity index (χ1v) is 5.10. The van der Waals surface area contributed by atoms with Gasteiger partial charge in [-0.1, -0.05) is 17.2 Å². The van der Waals surface area contributed by atoms with Gasteiger partial charge in [0, 0.05) is 12.0 Å². The Bertz CT molecular complexity index is 457. The minimum absolute atomic E-state index is 0.120. The summed E-state index contributed by atoms with van der Waals surface area (Å²) in [6.45, 7) is -0.858. The van der Waals surface area contributed by atoms with Crippen LogP contribution in [0.25, 0.3) is 10.4 Å². The van der Waals surface area contributed by atoms with E-state index in [4.69, 9.17) is 15.4 Å². The standard InChI is InChI=1S/C11H12FN3O3/c1-18-10(9(6-12)14-15-13)7-2-4-8(5-3-7)11(16)17/h2-5,9-10H,6H2,1H3,(H,16,17)/t9-,10-/m1/s1. The topological polar surface area (TPSA) is 95.3 Å². The lowest BCUT2D eigenvalue weighted by molar-refractivity contribution is 0.0691. The van der Waals surface area contributed by atoms with Crippen LogP contribution in [0.1, 0.15) is 22.0 Å². The maximum atomic E-state index is 12.7. The smallest absolute Gasteiger partial charge is 0.335 e. The van der Waals surface area contributed by atoms with E-state index in [1.54, 1.807) is 0 Å². The van der Waals surface area contributed by atoms with Crippen LogP contribution in [-0.4, -0.2) is 30.9 Å². The van der Waals surface area contributed by atoms with E-state index < -0.39 is 24.8 Å². The van der Waals surface area contributed by atoms with E-state index in [-0.39, 0.29) is 5.56 Å². The summed E-state index contributed by atoms with van der Waals surface area (Å²) in [7, 11) is 1.37. The molecule has 0 radical (unpaired) electrons. The molecule has 96 valence electrons. The van der Waals surface area contributed by atoms with Gasteiger partial charge in [-0.25, -0.2) is 4.79 Å². The van der Waals surface area contributed by atoms with Crippen LogP contribution in [0.2, 0.25) is 0 Å². The Morgan fingerprint density at radius 1 is 1.56 bits per heavy atom. The molecule has 0 aliphatic carbocycles. The highest BCUT2D eigenvalue weighted by Crippen LogP contribution is 2.24. The van der Waals surface area contributed by atoms with Gasteiger partial charge in [0.1, 0.15) is 6.67 Å². The summed E-state index contributed by atoms with van der Waals surface area (Å²) in [6, 6.07) is 4.81. The molecule has 0 saturated heterocycles. The zero-order valence-electron chi connectivity index (χ0n) is 9.65. The highest BCUT2D eigenvalue weighted by atomic mass is 19.1. The molecule has 1 aromatic rings. The number of carboxylic acid groups (broad SMARTS) is 1. The first-order chi connectivity index (χ1) is 8.63. The number of nitrogens with zero attached hydrogens (tertiary/aromatic N) is 3. The van der Waals surface area contributed by atoms with Gasteiger partial charge >= 0.3 is 5.97 Å². The van der Waals surface area contributed by atoms with Crippen molar-refractivity contribution in [3.05, 3.63) is 45.8 Å². The Hall–Kier alpha value is -2.11. The van der Waals surface area contributed by atoms with Gasteiger partial charge in [-0.05, 0) is 23.2 Å². The van der Waals surface area contributed by atoms with E-state index in [0.717, 1.165) is 0 Å². The van der Waals surface area contributed by atoms with Gasteiger partial charge in [0.05, 0.1) is 17.7 Å². The largest absolute Gasteiger partial charge is 0.478 e. The van der Waals surface area contributed by atoms with Gasteiger partial charge in [-0.2, -0.15) is 0 Å². The Morgan fingerprint density at radius 3 is 2.56 bits per heavy atom. The minimum atomic E-state index is -1.05. The molecule has 2 atom stereocenters. The number of hydrogen-bond donors (Lipinski definition) is 1. The van der Waals surface area contributed by atoms with Crippen LogP contribution in [0.5, 0.6) is 0 Å². The molecule has 6 nitrogen and oxygen atoms in total. The molecule has 0 spiro atoms. The maximum Gasteiger partial charge on any atom is 0.335 e. The summed E-state index contributed by atoms with van der Waals surface area (Å²) in [5.74, 6) is -1.05. The van der Waals surface area contributed by atoms with E-state index in [1.165, 1.54) is 31.4 Å². The second-order valence-corrected chi connectivity index (χ2v) is 3.51. The van der Waals surface area contributed by atoms with Crippen molar-refractivity contribution >= 4 is 5.97 Å². The van der Waals surface area contributed by atoms with Crippen molar-refractivity contribution in [3.63, 3.8) is 0 Å². The third kappa shape index (κ3) is 3.19. The molecule has 0 amide bonds. The van der Waals surface area contributed by atoms with Crippen molar-refractivity contribution in [2.75, 3.05) is 13.8 Å². The summed E-state index contributed by atoms with van der Waals surface area (Å²) < 4.78 is 17.8. The molecule has 1 aromatic carbocycles. The molecule has 0 aromatic heterocycles. The average Bonchev–Trinajstić information content (AvgIpc) is 2.39. The lowest BCUT2D eigenvalue weighted by Crippen LogP contribution is -2.20. The molecule has 7 heteroatoms. The molecule has 0 fully saturated rings. The van der Waals surface area contributed by atoms with Crippen LogP contribution in [0.15, 0.2) is 29.4 Å². The van der Waals surface area contributed by atoms with Crippen LogP contribution in [-0.2, 0) is 4.74 Å². The number of alkyl halides is 1.